The van der Waals surface area contributed by atoms with E-state index in [2.05, 4.69) is 0 Å². The molecular weight excluding hydrogens is 269 g/mol. The fraction of sp³-hybridized carbons (Fsp3) is 0.143. The molecule has 0 radical (unpaired) electrons. The molecule has 2 rings (SSSR count). The second kappa shape index (κ2) is 5.72. The van der Waals surface area contributed by atoms with Crippen LogP contribution in [-0.4, -0.2) is 5.11 Å². The lowest BCUT2D eigenvalue weighted by atomic mass is 9.97. The Morgan fingerprint density at radius 2 is 1.67 bits per heavy atom. The van der Waals surface area contributed by atoms with E-state index in [9.17, 15) is 5.11 Å². The van der Waals surface area contributed by atoms with E-state index in [1.165, 1.54) is 0 Å². The van der Waals surface area contributed by atoms with Crippen LogP contribution in [0, 0.1) is 0 Å². The Bertz CT molecular complexity index is 531. The Kier molecular flexibility index (Phi) is 4.25. The molecule has 0 aliphatic rings. The van der Waals surface area contributed by atoms with Gasteiger partial charge in [0.2, 0.25) is 0 Å². The van der Waals surface area contributed by atoms with Gasteiger partial charge >= 0.3 is 0 Å². The average Bonchev–Trinajstić information content (AvgIpc) is 2.38. The summed E-state index contributed by atoms with van der Waals surface area (Å²) < 4.78 is 0. The van der Waals surface area contributed by atoms with E-state index in [1.807, 2.05) is 30.3 Å². The van der Waals surface area contributed by atoms with Crippen molar-refractivity contribution in [2.75, 3.05) is 0 Å². The minimum atomic E-state index is -0.864. The minimum Gasteiger partial charge on any atom is -0.386 e. The van der Waals surface area contributed by atoms with Crippen molar-refractivity contribution < 1.29 is 5.11 Å². The second-order valence-corrected chi connectivity index (χ2v) is 4.89. The lowest BCUT2D eigenvalue weighted by Gasteiger charge is -2.20. The highest BCUT2D eigenvalue weighted by molar-refractivity contribution is 6.35. The molecule has 0 saturated heterocycles. The van der Waals surface area contributed by atoms with Crippen LogP contribution in [0.4, 0.5) is 0 Å². The lowest BCUT2D eigenvalue weighted by Crippen LogP contribution is -2.19. The smallest absolute Gasteiger partial charge is 0.0996 e. The zero-order chi connectivity index (χ0) is 13.1. The molecular formula is C14H13Cl2NO. The first-order valence-corrected chi connectivity index (χ1v) is 6.28. The predicted octanol–water partition coefficient (Wildman–Crippen LogP) is 3.73. The monoisotopic (exact) mass is 281 g/mol. The van der Waals surface area contributed by atoms with Gasteiger partial charge in [-0.2, -0.15) is 0 Å². The Morgan fingerprint density at radius 3 is 2.28 bits per heavy atom. The molecule has 0 heterocycles. The third kappa shape index (κ3) is 2.85. The van der Waals surface area contributed by atoms with Crippen molar-refractivity contribution in [1.82, 2.24) is 0 Å². The zero-order valence-corrected chi connectivity index (χ0v) is 11.1. The number of benzene rings is 2. The summed E-state index contributed by atoms with van der Waals surface area (Å²) in [7, 11) is 0. The van der Waals surface area contributed by atoms with Crippen LogP contribution in [0.15, 0.2) is 48.5 Å². The van der Waals surface area contributed by atoms with E-state index >= 15 is 0 Å². The fourth-order valence-electron chi connectivity index (χ4n) is 1.79. The first-order valence-electron chi connectivity index (χ1n) is 5.53. The van der Waals surface area contributed by atoms with Crippen molar-refractivity contribution in [3.05, 3.63) is 69.7 Å². The van der Waals surface area contributed by atoms with Crippen LogP contribution in [0.1, 0.15) is 23.3 Å². The van der Waals surface area contributed by atoms with Crippen molar-refractivity contribution in [3.63, 3.8) is 0 Å². The third-order valence-corrected chi connectivity index (χ3v) is 3.37. The lowest BCUT2D eigenvalue weighted by molar-refractivity contribution is 0.147. The maximum Gasteiger partial charge on any atom is 0.0996 e. The predicted molar refractivity (Wildman–Crippen MR) is 74.8 cm³/mol. The maximum absolute atomic E-state index is 10.3. The summed E-state index contributed by atoms with van der Waals surface area (Å²) in [6.07, 6.45) is -0.864. The van der Waals surface area contributed by atoms with E-state index < -0.39 is 12.1 Å². The van der Waals surface area contributed by atoms with E-state index in [1.54, 1.807) is 18.2 Å². The maximum atomic E-state index is 10.3. The SMILES string of the molecule is NC(c1ccccc1)C(O)c1ccc(Cl)cc1Cl. The van der Waals surface area contributed by atoms with E-state index in [4.69, 9.17) is 28.9 Å². The van der Waals surface area contributed by atoms with Gasteiger partial charge in [0.05, 0.1) is 12.1 Å². The number of nitrogens with two attached hydrogens (primary N) is 1. The number of aliphatic hydroxyl groups excluding tert-OH is 1. The fourth-order valence-corrected chi connectivity index (χ4v) is 2.31. The first-order chi connectivity index (χ1) is 8.59. The third-order valence-electron chi connectivity index (χ3n) is 2.81. The van der Waals surface area contributed by atoms with Crippen molar-refractivity contribution in [1.29, 1.82) is 0 Å². The van der Waals surface area contributed by atoms with Gasteiger partial charge in [-0.3, -0.25) is 0 Å². The van der Waals surface area contributed by atoms with Crippen LogP contribution in [-0.2, 0) is 0 Å². The molecule has 0 amide bonds. The van der Waals surface area contributed by atoms with Crippen molar-refractivity contribution in [2.45, 2.75) is 12.1 Å². The molecule has 3 N–H and O–H groups in total. The van der Waals surface area contributed by atoms with Gasteiger partial charge in [-0.05, 0) is 17.7 Å². The summed E-state index contributed by atoms with van der Waals surface area (Å²) in [5.41, 5.74) is 7.47. The second-order valence-electron chi connectivity index (χ2n) is 4.05. The Morgan fingerprint density at radius 1 is 1.00 bits per heavy atom. The van der Waals surface area contributed by atoms with Crippen LogP contribution in [0.2, 0.25) is 10.0 Å². The Balaban J connectivity index is 2.28. The first kappa shape index (κ1) is 13.4. The van der Waals surface area contributed by atoms with Gasteiger partial charge in [-0.1, -0.05) is 59.6 Å². The normalized spacial score (nSPS) is 14.2. The van der Waals surface area contributed by atoms with Gasteiger partial charge in [0.25, 0.3) is 0 Å². The molecule has 2 aromatic carbocycles. The topological polar surface area (TPSA) is 46.2 Å². The standard InChI is InChI=1S/C14H13Cl2NO/c15-10-6-7-11(12(16)8-10)14(18)13(17)9-4-2-1-3-5-9/h1-8,13-14,18H,17H2. The summed E-state index contributed by atoms with van der Waals surface area (Å²) in [6, 6.07) is 13.9. The molecule has 0 aliphatic heterocycles. The molecule has 2 unspecified atom stereocenters. The molecule has 0 fully saturated rings. The molecule has 2 nitrogen and oxygen atoms in total. The van der Waals surface area contributed by atoms with Crippen molar-refractivity contribution in [3.8, 4) is 0 Å². The minimum absolute atomic E-state index is 0.418. The molecule has 0 aromatic heterocycles. The largest absolute Gasteiger partial charge is 0.386 e. The Labute approximate surface area is 116 Å². The van der Waals surface area contributed by atoms with Crippen molar-refractivity contribution in [2.24, 2.45) is 5.73 Å². The van der Waals surface area contributed by atoms with E-state index in [-0.39, 0.29) is 0 Å². The van der Waals surface area contributed by atoms with E-state index in [0.29, 0.717) is 15.6 Å². The highest BCUT2D eigenvalue weighted by atomic mass is 35.5. The summed E-state index contributed by atoms with van der Waals surface area (Å²) in [4.78, 5) is 0. The molecule has 0 saturated carbocycles. The summed E-state index contributed by atoms with van der Waals surface area (Å²) in [5, 5.41) is 11.2. The molecule has 0 aliphatic carbocycles. The molecule has 94 valence electrons. The number of rotatable bonds is 3. The molecule has 4 heteroatoms. The number of aliphatic hydroxyl groups is 1. The summed E-state index contributed by atoms with van der Waals surface area (Å²) in [5.74, 6) is 0. The van der Waals surface area contributed by atoms with Crippen LogP contribution in [0.3, 0.4) is 0 Å². The number of hydrogen-bond acceptors (Lipinski definition) is 2. The van der Waals surface area contributed by atoms with Gasteiger partial charge in [0.15, 0.2) is 0 Å². The van der Waals surface area contributed by atoms with Crippen molar-refractivity contribution >= 4 is 23.2 Å². The average molecular weight is 282 g/mol. The van der Waals surface area contributed by atoms with Crippen LogP contribution >= 0.6 is 23.2 Å². The molecule has 2 aromatic rings. The summed E-state index contributed by atoms with van der Waals surface area (Å²) in [6.45, 7) is 0. The van der Waals surface area contributed by atoms with Gasteiger partial charge in [-0.25, -0.2) is 0 Å². The number of hydrogen-bond donors (Lipinski definition) is 2. The molecule has 18 heavy (non-hydrogen) atoms. The van der Waals surface area contributed by atoms with Crippen LogP contribution in [0.5, 0.6) is 0 Å². The Hall–Kier alpha value is -1.06. The zero-order valence-electron chi connectivity index (χ0n) is 9.55. The van der Waals surface area contributed by atoms with Gasteiger partial charge < -0.3 is 10.8 Å². The molecule has 0 bridgehead atoms. The quantitative estimate of drug-likeness (QED) is 0.901. The van der Waals surface area contributed by atoms with Crippen LogP contribution in [0.25, 0.3) is 0 Å². The highest BCUT2D eigenvalue weighted by Crippen LogP contribution is 2.32. The van der Waals surface area contributed by atoms with E-state index in [0.717, 1.165) is 5.56 Å². The highest BCUT2D eigenvalue weighted by Gasteiger charge is 2.20. The molecule has 0 spiro atoms. The summed E-state index contributed by atoms with van der Waals surface area (Å²) >= 11 is 11.9. The number of halogens is 2. The van der Waals surface area contributed by atoms with Gasteiger partial charge in [-0.15, -0.1) is 0 Å². The molecule has 2 atom stereocenters. The van der Waals surface area contributed by atoms with Gasteiger partial charge in [0.1, 0.15) is 0 Å². The van der Waals surface area contributed by atoms with Crippen LogP contribution < -0.4 is 5.73 Å². The van der Waals surface area contributed by atoms with Gasteiger partial charge in [0, 0.05) is 15.6 Å².